The van der Waals surface area contributed by atoms with Gasteiger partial charge in [-0.2, -0.15) is 0 Å². The van der Waals surface area contributed by atoms with Crippen molar-refractivity contribution in [3.63, 3.8) is 0 Å². The second-order valence-electron chi connectivity index (χ2n) is 5.99. The van der Waals surface area contributed by atoms with Crippen LogP contribution in [0.25, 0.3) is 0 Å². The monoisotopic (exact) mass is 282 g/mol. The van der Waals surface area contributed by atoms with Crippen LogP contribution in [0.4, 0.5) is 10.1 Å². The van der Waals surface area contributed by atoms with Gasteiger partial charge in [0.25, 0.3) is 0 Å². The zero-order valence-electron chi connectivity index (χ0n) is 12.7. The highest BCUT2D eigenvalue weighted by Gasteiger charge is 2.22. The van der Waals surface area contributed by atoms with Gasteiger partial charge in [0.15, 0.2) is 0 Å². The van der Waals surface area contributed by atoms with Crippen LogP contribution in [-0.2, 0) is 4.79 Å². The summed E-state index contributed by atoms with van der Waals surface area (Å²) in [6.07, 6.45) is 0.417. The lowest BCUT2D eigenvalue weighted by Crippen LogP contribution is -2.33. The Morgan fingerprint density at radius 1 is 1.40 bits per heavy atom. The predicted molar refractivity (Wildman–Crippen MR) is 78.0 cm³/mol. The molecule has 0 fully saturated rings. The Kier molecular flexibility index (Phi) is 5.36. The Labute approximate surface area is 119 Å². The molecule has 1 aromatic rings. The number of nitrogens with one attached hydrogen (secondary N) is 2. The molecule has 0 heterocycles. The Balaban J connectivity index is 2.57. The van der Waals surface area contributed by atoms with Crippen molar-refractivity contribution in [1.82, 2.24) is 5.43 Å². The largest absolute Gasteiger partial charge is 0.494 e. The van der Waals surface area contributed by atoms with E-state index in [1.165, 1.54) is 25.3 Å². The number of carbonyl (C=O) groups excluding carboxylic acids is 1. The van der Waals surface area contributed by atoms with Gasteiger partial charge < -0.3 is 4.74 Å². The summed E-state index contributed by atoms with van der Waals surface area (Å²) in [7, 11) is 1.45. The van der Waals surface area contributed by atoms with Crippen molar-refractivity contribution in [3.05, 3.63) is 24.0 Å². The van der Waals surface area contributed by atoms with Crippen LogP contribution in [0.3, 0.4) is 0 Å². The number of rotatable bonds is 5. The summed E-state index contributed by atoms with van der Waals surface area (Å²) in [5.74, 6) is 0.0902. The van der Waals surface area contributed by atoms with Gasteiger partial charge in [0.2, 0.25) is 5.91 Å². The summed E-state index contributed by atoms with van der Waals surface area (Å²) < 4.78 is 18.1. The third-order valence-corrected chi connectivity index (χ3v) is 3.47. The van der Waals surface area contributed by atoms with E-state index in [0.29, 0.717) is 17.9 Å². The summed E-state index contributed by atoms with van der Waals surface area (Å²) in [5, 5.41) is 0. The molecule has 0 aliphatic carbocycles. The van der Waals surface area contributed by atoms with E-state index in [1.807, 2.05) is 6.92 Å². The summed E-state index contributed by atoms with van der Waals surface area (Å²) >= 11 is 0. The molecule has 1 amide bonds. The fourth-order valence-electron chi connectivity index (χ4n) is 1.54. The van der Waals surface area contributed by atoms with Crippen molar-refractivity contribution in [3.8, 4) is 5.75 Å². The first-order valence-electron chi connectivity index (χ1n) is 6.62. The minimum atomic E-state index is -0.389. The van der Waals surface area contributed by atoms with Crippen LogP contribution >= 0.6 is 0 Å². The number of anilines is 1. The molecule has 0 aromatic heterocycles. The van der Waals surface area contributed by atoms with Gasteiger partial charge in [0.05, 0.1) is 12.8 Å². The molecule has 1 rings (SSSR count). The van der Waals surface area contributed by atoms with E-state index >= 15 is 0 Å². The predicted octanol–water partition coefficient (Wildman–Crippen LogP) is 3.35. The number of hydrogen-bond acceptors (Lipinski definition) is 3. The van der Waals surface area contributed by atoms with Gasteiger partial charge in [-0.15, -0.1) is 0 Å². The number of benzene rings is 1. The van der Waals surface area contributed by atoms with E-state index in [-0.39, 0.29) is 23.1 Å². The van der Waals surface area contributed by atoms with Gasteiger partial charge in [0, 0.05) is 12.5 Å². The first-order valence-corrected chi connectivity index (χ1v) is 6.62. The molecule has 1 unspecified atom stereocenters. The van der Waals surface area contributed by atoms with Gasteiger partial charge >= 0.3 is 0 Å². The van der Waals surface area contributed by atoms with Crippen LogP contribution < -0.4 is 15.6 Å². The van der Waals surface area contributed by atoms with Gasteiger partial charge in [-0.25, -0.2) is 4.39 Å². The van der Waals surface area contributed by atoms with Crippen LogP contribution in [-0.4, -0.2) is 13.0 Å². The van der Waals surface area contributed by atoms with E-state index < -0.39 is 0 Å². The molecule has 20 heavy (non-hydrogen) atoms. The Morgan fingerprint density at radius 2 is 2.05 bits per heavy atom. The quantitative estimate of drug-likeness (QED) is 0.814. The van der Waals surface area contributed by atoms with E-state index in [9.17, 15) is 9.18 Å². The highest BCUT2D eigenvalue weighted by atomic mass is 19.1. The number of ether oxygens (including phenoxy) is 1. The van der Waals surface area contributed by atoms with Gasteiger partial charge in [-0.05, 0) is 23.5 Å². The highest BCUT2D eigenvalue weighted by Crippen LogP contribution is 2.28. The van der Waals surface area contributed by atoms with Crippen LogP contribution in [0.5, 0.6) is 5.75 Å². The zero-order chi connectivity index (χ0) is 15.3. The smallest absolute Gasteiger partial charge is 0.238 e. The lowest BCUT2D eigenvalue weighted by atomic mass is 9.80. The molecule has 0 spiro atoms. The minimum absolute atomic E-state index is 0.0743. The number of hydrogen-bond donors (Lipinski definition) is 2. The maximum atomic E-state index is 13.0. The summed E-state index contributed by atoms with van der Waals surface area (Å²) in [6.45, 7) is 8.34. The molecular weight excluding hydrogens is 259 g/mol. The Bertz CT molecular complexity index is 469. The van der Waals surface area contributed by atoms with Crippen LogP contribution in [0.2, 0.25) is 0 Å². The fourth-order valence-corrected chi connectivity index (χ4v) is 1.54. The second-order valence-corrected chi connectivity index (χ2v) is 5.99. The Morgan fingerprint density at radius 3 is 2.60 bits per heavy atom. The number of amides is 1. The summed E-state index contributed by atoms with van der Waals surface area (Å²) in [5.41, 5.74) is 5.95. The fraction of sp³-hybridized carbons (Fsp3) is 0.533. The van der Waals surface area contributed by atoms with Crippen molar-refractivity contribution in [2.45, 2.75) is 34.1 Å². The molecule has 112 valence electrons. The highest BCUT2D eigenvalue weighted by molar-refractivity contribution is 5.78. The number of hydrazine groups is 1. The maximum absolute atomic E-state index is 13.0. The SMILES string of the molecule is COc1cc(F)ccc1NNC(=O)CC(C)C(C)(C)C. The molecule has 0 aliphatic rings. The number of methoxy groups -OCH3 is 1. The van der Waals surface area contributed by atoms with Gasteiger partial charge in [0.1, 0.15) is 11.6 Å². The standard InChI is InChI=1S/C15H23FN2O2/c1-10(15(2,3)4)8-14(19)18-17-12-7-6-11(16)9-13(12)20-5/h6-7,9-10,17H,8H2,1-5H3,(H,18,19). The third-order valence-electron chi connectivity index (χ3n) is 3.47. The molecule has 4 nitrogen and oxygen atoms in total. The summed E-state index contributed by atoms with van der Waals surface area (Å²) in [4.78, 5) is 11.9. The molecule has 0 aliphatic heterocycles. The van der Waals surface area contributed by atoms with Gasteiger partial charge in [-0.1, -0.05) is 27.7 Å². The molecule has 1 aromatic carbocycles. The van der Waals surface area contributed by atoms with Crippen molar-refractivity contribution >= 4 is 11.6 Å². The van der Waals surface area contributed by atoms with Crippen LogP contribution in [0.15, 0.2) is 18.2 Å². The van der Waals surface area contributed by atoms with Crippen molar-refractivity contribution in [2.24, 2.45) is 11.3 Å². The average molecular weight is 282 g/mol. The van der Waals surface area contributed by atoms with Crippen LogP contribution in [0.1, 0.15) is 34.1 Å². The third kappa shape index (κ3) is 4.72. The van der Waals surface area contributed by atoms with Crippen LogP contribution in [0, 0.1) is 17.2 Å². The van der Waals surface area contributed by atoms with Crippen molar-refractivity contribution in [1.29, 1.82) is 0 Å². The van der Waals surface area contributed by atoms with Crippen molar-refractivity contribution < 1.29 is 13.9 Å². The molecule has 2 N–H and O–H groups in total. The normalized spacial score (nSPS) is 12.7. The summed E-state index contributed by atoms with van der Waals surface area (Å²) in [6, 6.07) is 4.07. The maximum Gasteiger partial charge on any atom is 0.238 e. The van der Waals surface area contributed by atoms with Gasteiger partial charge in [-0.3, -0.25) is 15.6 Å². The molecule has 0 bridgehead atoms. The zero-order valence-corrected chi connectivity index (χ0v) is 12.7. The molecule has 0 saturated heterocycles. The number of carbonyl (C=O) groups is 1. The number of halogens is 1. The van der Waals surface area contributed by atoms with Crippen molar-refractivity contribution in [2.75, 3.05) is 12.5 Å². The topological polar surface area (TPSA) is 50.4 Å². The molecular formula is C15H23FN2O2. The first kappa shape index (κ1) is 16.3. The lowest BCUT2D eigenvalue weighted by Gasteiger charge is -2.26. The minimum Gasteiger partial charge on any atom is -0.494 e. The molecule has 5 heteroatoms. The first-order chi connectivity index (χ1) is 9.24. The van der Waals surface area contributed by atoms with E-state index in [1.54, 1.807) is 0 Å². The van der Waals surface area contributed by atoms with E-state index in [0.717, 1.165) is 0 Å². The Hall–Kier alpha value is -1.78. The molecule has 0 radical (unpaired) electrons. The molecule has 0 saturated carbocycles. The molecule has 1 atom stereocenters. The lowest BCUT2D eigenvalue weighted by molar-refractivity contribution is -0.122. The van der Waals surface area contributed by atoms with E-state index in [2.05, 4.69) is 31.6 Å². The van der Waals surface area contributed by atoms with E-state index in [4.69, 9.17) is 4.74 Å². The second kappa shape index (κ2) is 6.59. The average Bonchev–Trinajstić information content (AvgIpc) is 2.35.